The Kier molecular flexibility index (Phi) is 14.1. The summed E-state index contributed by atoms with van der Waals surface area (Å²) in [6.45, 7) is -0.462. The first-order valence-electron chi connectivity index (χ1n) is 15.3. The molecule has 8 unspecified atom stereocenters. The first-order chi connectivity index (χ1) is 22.4. The number of aliphatic hydroxyl groups excluding tert-OH is 11. The molecule has 20 nitrogen and oxygen atoms in total. The fraction of sp³-hybridized carbons (Fsp3) is 1.00. The number of aliphatic hydroxyl groups is 11. The van der Waals surface area contributed by atoms with Gasteiger partial charge in [0, 0.05) is 14.2 Å². The maximum atomic E-state index is 11.1. The SMILES string of the molecule is CCC1O[C@@H](O[C@H]2C(O)C(O)[C@H](OC)O[C@H]2CO)C(O)[C@@H](O)[C@@H]1O[C@@H]1O[C@@H](CO)[C@@H](O[C@@H]2OC(CO)[C@@H](OC)[C@H](O)C2O)C(O)C1O. The van der Waals surface area contributed by atoms with Crippen LogP contribution in [0.1, 0.15) is 13.3 Å². The molecule has 0 aliphatic carbocycles. The van der Waals surface area contributed by atoms with Crippen LogP contribution < -0.4 is 0 Å². The van der Waals surface area contributed by atoms with Gasteiger partial charge < -0.3 is 98.8 Å². The third-order valence-electron chi connectivity index (χ3n) is 8.88. The third kappa shape index (κ3) is 7.92. The van der Waals surface area contributed by atoms with Crippen LogP contribution in [-0.4, -0.2) is 213 Å². The van der Waals surface area contributed by atoms with E-state index in [1.165, 1.54) is 14.2 Å². The van der Waals surface area contributed by atoms with Crippen molar-refractivity contribution in [3.8, 4) is 0 Å². The topological polar surface area (TPSA) is 306 Å². The molecular weight excluding hydrogens is 644 g/mol. The predicted molar refractivity (Wildman–Crippen MR) is 147 cm³/mol. The molecule has 4 aliphatic rings. The van der Waals surface area contributed by atoms with Crippen LogP contribution in [0.3, 0.4) is 0 Å². The van der Waals surface area contributed by atoms with Gasteiger partial charge in [-0.2, -0.15) is 0 Å². The average Bonchev–Trinajstić information content (AvgIpc) is 3.07. The Labute approximate surface area is 269 Å². The van der Waals surface area contributed by atoms with Crippen molar-refractivity contribution >= 4 is 0 Å². The molecule has 0 aromatic rings. The van der Waals surface area contributed by atoms with E-state index >= 15 is 0 Å². The zero-order chi connectivity index (χ0) is 34.7. The normalized spacial score (nSPS) is 51.2. The Morgan fingerprint density at radius 2 is 0.702 bits per heavy atom. The molecule has 11 N–H and O–H groups in total. The van der Waals surface area contributed by atoms with Crippen LogP contribution in [0.2, 0.25) is 0 Å². The maximum Gasteiger partial charge on any atom is 0.187 e. The van der Waals surface area contributed by atoms with E-state index in [4.69, 9.17) is 42.6 Å². The quantitative estimate of drug-likeness (QED) is 0.0905. The lowest BCUT2D eigenvalue weighted by atomic mass is 9.94. The second-order valence-electron chi connectivity index (χ2n) is 11.8. The molecule has 0 radical (unpaired) electrons. The molecule has 0 aromatic carbocycles. The summed E-state index contributed by atoms with van der Waals surface area (Å²) in [6, 6.07) is 0. The van der Waals surface area contributed by atoms with E-state index in [1.807, 2.05) is 0 Å². The van der Waals surface area contributed by atoms with Crippen LogP contribution in [0.25, 0.3) is 0 Å². The van der Waals surface area contributed by atoms with Crippen molar-refractivity contribution < 1.29 is 98.8 Å². The Morgan fingerprint density at radius 3 is 1.04 bits per heavy atom. The van der Waals surface area contributed by atoms with E-state index in [0.717, 1.165) is 0 Å². The van der Waals surface area contributed by atoms with Gasteiger partial charge in [0.25, 0.3) is 0 Å². The second-order valence-corrected chi connectivity index (χ2v) is 11.8. The molecule has 20 heteroatoms. The summed E-state index contributed by atoms with van der Waals surface area (Å²) in [5.41, 5.74) is 0. The Hall–Kier alpha value is -0.800. The van der Waals surface area contributed by atoms with E-state index in [-0.39, 0.29) is 6.42 Å². The molecule has 0 aromatic heterocycles. The van der Waals surface area contributed by atoms with Gasteiger partial charge in [0.15, 0.2) is 25.2 Å². The average molecular weight is 693 g/mol. The Bertz CT molecular complexity index is 942. The van der Waals surface area contributed by atoms with E-state index in [0.29, 0.717) is 0 Å². The van der Waals surface area contributed by atoms with E-state index in [2.05, 4.69) is 0 Å². The number of methoxy groups -OCH3 is 2. The minimum Gasteiger partial charge on any atom is -0.394 e. The van der Waals surface area contributed by atoms with E-state index < -0.39 is 143 Å². The maximum absolute atomic E-state index is 11.1. The zero-order valence-electron chi connectivity index (χ0n) is 26.0. The first kappa shape index (κ1) is 39.0. The van der Waals surface area contributed by atoms with Crippen LogP contribution in [0.15, 0.2) is 0 Å². The molecule has 0 bridgehead atoms. The highest BCUT2D eigenvalue weighted by molar-refractivity contribution is 4.97. The van der Waals surface area contributed by atoms with Gasteiger partial charge in [0.05, 0.1) is 25.9 Å². The highest BCUT2D eigenvalue weighted by Crippen LogP contribution is 2.35. The van der Waals surface area contributed by atoms with E-state index in [9.17, 15) is 56.2 Å². The zero-order valence-corrected chi connectivity index (χ0v) is 26.0. The lowest BCUT2D eigenvalue weighted by Gasteiger charge is -2.49. The number of ether oxygens (including phenoxy) is 9. The number of hydrogen-bond acceptors (Lipinski definition) is 20. The number of hydrogen-bond donors (Lipinski definition) is 11. The highest BCUT2D eigenvalue weighted by Gasteiger charge is 2.55. The minimum atomic E-state index is -1.90. The summed E-state index contributed by atoms with van der Waals surface area (Å²) in [4.78, 5) is 0. The molecule has 4 saturated heterocycles. The van der Waals surface area contributed by atoms with Gasteiger partial charge in [0.2, 0.25) is 0 Å². The van der Waals surface area contributed by atoms with Crippen molar-refractivity contribution in [2.75, 3.05) is 34.0 Å². The van der Waals surface area contributed by atoms with Crippen LogP contribution in [-0.2, 0) is 42.6 Å². The molecule has 4 rings (SSSR count). The van der Waals surface area contributed by atoms with Gasteiger partial charge in [-0.15, -0.1) is 0 Å². The van der Waals surface area contributed by atoms with Crippen molar-refractivity contribution in [3.63, 3.8) is 0 Å². The van der Waals surface area contributed by atoms with Crippen molar-refractivity contribution in [1.29, 1.82) is 0 Å². The van der Waals surface area contributed by atoms with Gasteiger partial charge in [0.1, 0.15) is 91.6 Å². The molecule has 4 fully saturated rings. The van der Waals surface area contributed by atoms with Gasteiger partial charge in [-0.25, -0.2) is 0 Å². The fourth-order valence-electron chi connectivity index (χ4n) is 6.18. The smallest absolute Gasteiger partial charge is 0.187 e. The van der Waals surface area contributed by atoms with Crippen molar-refractivity contribution in [2.45, 2.75) is 136 Å². The summed E-state index contributed by atoms with van der Waals surface area (Å²) in [6.07, 6.45) is -30.4. The van der Waals surface area contributed by atoms with E-state index in [1.54, 1.807) is 6.92 Å². The molecule has 0 saturated carbocycles. The summed E-state index contributed by atoms with van der Waals surface area (Å²) in [5, 5.41) is 115. The first-order valence-corrected chi connectivity index (χ1v) is 15.3. The minimum absolute atomic E-state index is 0.129. The van der Waals surface area contributed by atoms with Crippen LogP contribution in [0.4, 0.5) is 0 Å². The summed E-state index contributed by atoms with van der Waals surface area (Å²) in [5.74, 6) is 0. The van der Waals surface area contributed by atoms with Crippen molar-refractivity contribution in [3.05, 3.63) is 0 Å². The Balaban J connectivity index is 1.43. The Morgan fingerprint density at radius 1 is 0.404 bits per heavy atom. The third-order valence-corrected chi connectivity index (χ3v) is 8.88. The highest BCUT2D eigenvalue weighted by atomic mass is 16.8. The molecule has 4 heterocycles. The van der Waals surface area contributed by atoms with Crippen LogP contribution >= 0.6 is 0 Å². The molecular formula is C27H48O20. The van der Waals surface area contributed by atoms with Crippen molar-refractivity contribution in [1.82, 2.24) is 0 Å². The van der Waals surface area contributed by atoms with Crippen molar-refractivity contribution in [2.24, 2.45) is 0 Å². The van der Waals surface area contributed by atoms with Crippen LogP contribution in [0.5, 0.6) is 0 Å². The lowest BCUT2D eigenvalue weighted by Crippen LogP contribution is -2.67. The molecule has 4 aliphatic heterocycles. The second kappa shape index (κ2) is 16.9. The molecule has 0 spiro atoms. The summed E-state index contributed by atoms with van der Waals surface area (Å²) in [7, 11) is 2.46. The van der Waals surface area contributed by atoms with Gasteiger partial charge in [-0.3, -0.25) is 0 Å². The van der Waals surface area contributed by atoms with Gasteiger partial charge in [-0.05, 0) is 6.42 Å². The molecule has 276 valence electrons. The lowest BCUT2D eigenvalue weighted by molar-refractivity contribution is -0.387. The van der Waals surface area contributed by atoms with Gasteiger partial charge in [-0.1, -0.05) is 6.92 Å². The number of rotatable bonds is 12. The molecule has 47 heavy (non-hydrogen) atoms. The largest absolute Gasteiger partial charge is 0.394 e. The predicted octanol–water partition coefficient (Wildman–Crippen LogP) is -7.02. The summed E-state index contributed by atoms with van der Waals surface area (Å²) < 4.78 is 49.5. The molecule has 20 atom stereocenters. The van der Waals surface area contributed by atoms with Crippen LogP contribution in [0, 0.1) is 0 Å². The monoisotopic (exact) mass is 692 g/mol. The fourth-order valence-corrected chi connectivity index (χ4v) is 6.18. The molecule has 0 amide bonds. The van der Waals surface area contributed by atoms with Gasteiger partial charge >= 0.3 is 0 Å². The summed E-state index contributed by atoms with van der Waals surface area (Å²) >= 11 is 0. The standard InChI is InChI=1S/C27H48O20/c1-4-8-21(14(33)18(37)25(41-8)46-22-10(6-29)42-24(40-3)16(35)13(22)32)45-27-19(38)15(34)23(11(7-30)44-27)47-26-17(36)12(31)20(39-2)9(5-28)43-26/h8-38H,4-7H2,1-3H3/t8?,9?,10-,11-,12+,13?,14+,15?,16?,17?,18?,19?,20+,21+,22+,23+,24+,25-,26-,27-/m0/s1.